The van der Waals surface area contributed by atoms with Gasteiger partial charge in [0.15, 0.2) is 6.61 Å². The van der Waals surface area contributed by atoms with Crippen LogP contribution in [0.5, 0.6) is 5.75 Å². The number of rotatable bonds is 4. The third-order valence-electron chi connectivity index (χ3n) is 3.50. The molecule has 0 aliphatic carbocycles. The quantitative estimate of drug-likeness (QED) is 0.911. The van der Waals surface area contributed by atoms with Crippen LogP contribution >= 0.6 is 15.9 Å². The Labute approximate surface area is 125 Å². The monoisotopic (exact) mass is 341 g/mol. The maximum absolute atomic E-state index is 12.0. The molecule has 1 N–H and O–H groups in total. The minimum absolute atomic E-state index is 0.0772. The average molecular weight is 342 g/mol. The van der Waals surface area contributed by atoms with E-state index in [0.29, 0.717) is 18.7 Å². The Kier molecular flexibility index (Phi) is 4.32. The number of carboxylic acid groups (broad SMARTS) is 1. The van der Waals surface area contributed by atoms with Crippen molar-refractivity contribution >= 4 is 27.8 Å². The number of hydrogen-bond donors (Lipinski definition) is 1. The molecular weight excluding hydrogens is 326 g/mol. The van der Waals surface area contributed by atoms with Crippen molar-refractivity contribution in [1.82, 2.24) is 4.90 Å². The van der Waals surface area contributed by atoms with Crippen LogP contribution in [-0.2, 0) is 9.59 Å². The highest BCUT2D eigenvalue weighted by atomic mass is 79.9. The van der Waals surface area contributed by atoms with Crippen LogP contribution in [0.4, 0.5) is 0 Å². The van der Waals surface area contributed by atoms with E-state index in [2.05, 4.69) is 15.9 Å². The second kappa shape index (κ2) is 5.83. The first-order valence-corrected chi connectivity index (χ1v) is 7.09. The number of carbonyl (C=O) groups excluding carboxylic acids is 1. The number of benzene rings is 1. The van der Waals surface area contributed by atoms with E-state index in [-0.39, 0.29) is 19.1 Å². The van der Waals surface area contributed by atoms with Gasteiger partial charge < -0.3 is 14.7 Å². The lowest BCUT2D eigenvalue weighted by Crippen LogP contribution is -2.37. The predicted octanol–water partition coefficient (Wildman–Crippen LogP) is 2.15. The van der Waals surface area contributed by atoms with Gasteiger partial charge in [0.05, 0.1) is 5.41 Å². The molecule has 0 bridgehead atoms. The lowest BCUT2D eigenvalue weighted by molar-refractivity contribution is -0.147. The number of ether oxygens (including phenoxy) is 1. The molecule has 1 aromatic carbocycles. The molecule has 1 aliphatic heterocycles. The highest BCUT2D eigenvalue weighted by Gasteiger charge is 2.42. The molecule has 2 rings (SSSR count). The number of nitrogens with zero attached hydrogens (tertiary/aromatic N) is 1. The summed E-state index contributed by atoms with van der Waals surface area (Å²) in [4.78, 5) is 24.7. The fourth-order valence-corrected chi connectivity index (χ4v) is 2.52. The van der Waals surface area contributed by atoms with Gasteiger partial charge in [-0.15, -0.1) is 0 Å². The van der Waals surface area contributed by atoms with Crippen molar-refractivity contribution in [1.29, 1.82) is 0 Å². The van der Waals surface area contributed by atoms with Gasteiger partial charge in [0.2, 0.25) is 0 Å². The Morgan fingerprint density at radius 2 is 2.25 bits per heavy atom. The topological polar surface area (TPSA) is 66.8 Å². The molecule has 1 amide bonds. The Bertz CT molecular complexity index is 534. The van der Waals surface area contributed by atoms with Crippen LogP contribution in [0.3, 0.4) is 0 Å². The molecular formula is C14H16BrNO4. The van der Waals surface area contributed by atoms with Crippen LogP contribution in [0, 0.1) is 5.41 Å². The minimum atomic E-state index is -0.860. The van der Waals surface area contributed by atoms with Crippen molar-refractivity contribution in [3.63, 3.8) is 0 Å². The summed E-state index contributed by atoms with van der Waals surface area (Å²) in [5, 5.41) is 9.14. The Morgan fingerprint density at radius 1 is 1.50 bits per heavy atom. The first kappa shape index (κ1) is 14.8. The van der Waals surface area contributed by atoms with Crippen LogP contribution < -0.4 is 4.74 Å². The number of likely N-dealkylation sites (tertiary alicyclic amines) is 1. The number of amides is 1. The van der Waals surface area contributed by atoms with E-state index < -0.39 is 11.4 Å². The van der Waals surface area contributed by atoms with E-state index in [0.717, 1.165) is 4.47 Å². The van der Waals surface area contributed by atoms with Gasteiger partial charge in [-0.2, -0.15) is 0 Å². The number of hydrogen-bond acceptors (Lipinski definition) is 3. The van der Waals surface area contributed by atoms with Crippen LogP contribution in [-0.4, -0.2) is 41.6 Å². The normalized spacial score (nSPS) is 21.8. The molecule has 0 spiro atoms. The Morgan fingerprint density at radius 3 is 2.85 bits per heavy atom. The molecule has 6 heteroatoms. The van der Waals surface area contributed by atoms with Gasteiger partial charge in [0.1, 0.15) is 5.75 Å². The van der Waals surface area contributed by atoms with Crippen molar-refractivity contribution < 1.29 is 19.4 Å². The standard InChI is InChI=1S/C14H16BrNO4/c1-14(13(18)19)5-6-16(9-14)12(17)8-20-11-4-2-3-10(15)7-11/h2-4,7H,5-6,8-9H2,1H3,(H,18,19). The third kappa shape index (κ3) is 3.30. The van der Waals surface area contributed by atoms with Crippen molar-refractivity contribution in [3.05, 3.63) is 28.7 Å². The number of halogens is 1. The SMILES string of the molecule is CC1(C(=O)O)CCN(C(=O)COc2cccc(Br)c2)C1. The maximum atomic E-state index is 12.0. The summed E-state index contributed by atoms with van der Waals surface area (Å²) in [6, 6.07) is 7.23. The zero-order valence-electron chi connectivity index (χ0n) is 11.1. The number of aliphatic carboxylic acids is 1. The molecule has 0 aromatic heterocycles. The molecule has 20 heavy (non-hydrogen) atoms. The van der Waals surface area contributed by atoms with Gasteiger partial charge in [0, 0.05) is 17.6 Å². The molecule has 0 radical (unpaired) electrons. The van der Waals surface area contributed by atoms with Crippen LogP contribution in [0.2, 0.25) is 0 Å². The molecule has 1 saturated heterocycles. The van der Waals surface area contributed by atoms with Crippen molar-refractivity contribution in [2.45, 2.75) is 13.3 Å². The van der Waals surface area contributed by atoms with E-state index in [4.69, 9.17) is 9.84 Å². The van der Waals surface area contributed by atoms with Crippen molar-refractivity contribution in [3.8, 4) is 5.75 Å². The van der Waals surface area contributed by atoms with Gasteiger partial charge in [0.25, 0.3) is 5.91 Å². The van der Waals surface area contributed by atoms with Crippen LogP contribution in [0.25, 0.3) is 0 Å². The molecule has 1 unspecified atom stereocenters. The fraction of sp³-hybridized carbons (Fsp3) is 0.429. The first-order chi connectivity index (χ1) is 9.40. The summed E-state index contributed by atoms with van der Waals surface area (Å²) in [5.41, 5.74) is -0.842. The van der Waals surface area contributed by atoms with Gasteiger partial charge >= 0.3 is 5.97 Å². The van der Waals surface area contributed by atoms with Crippen molar-refractivity contribution in [2.75, 3.05) is 19.7 Å². The summed E-state index contributed by atoms with van der Waals surface area (Å²) in [7, 11) is 0. The molecule has 1 aromatic rings. The van der Waals surface area contributed by atoms with E-state index in [1.165, 1.54) is 0 Å². The van der Waals surface area contributed by atoms with Gasteiger partial charge in [-0.3, -0.25) is 9.59 Å². The molecule has 108 valence electrons. The average Bonchev–Trinajstić information content (AvgIpc) is 2.80. The molecule has 0 saturated carbocycles. The zero-order chi connectivity index (χ0) is 14.8. The smallest absolute Gasteiger partial charge is 0.311 e. The van der Waals surface area contributed by atoms with Gasteiger partial charge in [-0.05, 0) is 31.5 Å². The van der Waals surface area contributed by atoms with Crippen molar-refractivity contribution in [2.24, 2.45) is 5.41 Å². The molecule has 5 nitrogen and oxygen atoms in total. The second-order valence-electron chi connectivity index (χ2n) is 5.18. The van der Waals surface area contributed by atoms with E-state index in [1.54, 1.807) is 24.0 Å². The van der Waals surface area contributed by atoms with Gasteiger partial charge in [-0.25, -0.2) is 0 Å². The van der Waals surface area contributed by atoms with Gasteiger partial charge in [-0.1, -0.05) is 22.0 Å². The number of carboxylic acids is 1. The van der Waals surface area contributed by atoms with Crippen LogP contribution in [0.15, 0.2) is 28.7 Å². The third-order valence-corrected chi connectivity index (χ3v) is 3.99. The molecule has 1 fully saturated rings. The van der Waals surface area contributed by atoms with E-state index in [9.17, 15) is 9.59 Å². The Hall–Kier alpha value is -1.56. The summed E-state index contributed by atoms with van der Waals surface area (Å²) in [6.45, 7) is 2.29. The zero-order valence-corrected chi connectivity index (χ0v) is 12.7. The minimum Gasteiger partial charge on any atom is -0.484 e. The molecule has 1 aliphatic rings. The lowest BCUT2D eigenvalue weighted by Gasteiger charge is -2.20. The predicted molar refractivity (Wildman–Crippen MR) is 76.6 cm³/mol. The summed E-state index contributed by atoms with van der Waals surface area (Å²) >= 11 is 3.33. The highest BCUT2D eigenvalue weighted by Crippen LogP contribution is 2.30. The summed E-state index contributed by atoms with van der Waals surface area (Å²) < 4.78 is 6.30. The fourth-order valence-electron chi connectivity index (χ4n) is 2.14. The second-order valence-corrected chi connectivity index (χ2v) is 6.09. The maximum Gasteiger partial charge on any atom is 0.311 e. The number of carbonyl (C=O) groups is 2. The molecule has 1 heterocycles. The summed E-state index contributed by atoms with van der Waals surface area (Å²) in [5.74, 6) is -0.441. The lowest BCUT2D eigenvalue weighted by atomic mass is 9.90. The van der Waals surface area contributed by atoms with E-state index >= 15 is 0 Å². The highest BCUT2D eigenvalue weighted by molar-refractivity contribution is 9.10. The largest absolute Gasteiger partial charge is 0.484 e. The van der Waals surface area contributed by atoms with Crippen LogP contribution in [0.1, 0.15) is 13.3 Å². The molecule has 1 atom stereocenters. The first-order valence-electron chi connectivity index (χ1n) is 6.30. The van der Waals surface area contributed by atoms with E-state index in [1.807, 2.05) is 12.1 Å². The summed E-state index contributed by atoms with van der Waals surface area (Å²) in [6.07, 6.45) is 0.477. The Balaban J connectivity index is 1.89.